The molecule has 2 aromatic rings. The van der Waals surface area contributed by atoms with Gasteiger partial charge in [0.25, 0.3) is 0 Å². The van der Waals surface area contributed by atoms with Crippen molar-refractivity contribution >= 4 is 24.5 Å². The van der Waals surface area contributed by atoms with Gasteiger partial charge >= 0.3 is 12.4 Å². The molecule has 1 aliphatic carbocycles. The molecule has 1 aliphatic rings. The molecule has 0 radical (unpaired) electrons. The molecule has 1 atom stereocenters. The van der Waals surface area contributed by atoms with Crippen molar-refractivity contribution < 1.29 is 35.9 Å². The average molecular weight is 491 g/mol. The number of fused-ring (bicyclic) bond motifs is 1. The molecule has 180 valence electrons. The molecule has 3 nitrogen and oxygen atoms in total. The van der Waals surface area contributed by atoms with Crippen LogP contribution in [0, 0.1) is 0 Å². The molecule has 0 heterocycles. The number of benzene rings is 2. The number of aryl methyl sites for hydroxylation is 1. The Labute approximate surface area is 193 Å². The first-order valence-corrected chi connectivity index (χ1v) is 10.4. The molecule has 0 saturated heterocycles. The SMILES string of the molecule is CCOCC(=O)/C=C/c1ccc2c(c1)CCC2N.FC(F)(F)c1cc(S)cc(C(F)(F)F)c1. The van der Waals surface area contributed by atoms with Gasteiger partial charge in [-0.1, -0.05) is 24.3 Å². The van der Waals surface area contributed by atoms with Crippen LogP contribution in [-0.2, 0) is 28.3 Å². The average Bonchev–Trinajstić information content (AvgIpc) is 3.09. The quantitative estimate of drug-likeness (QED) is 0.295. The first-order valence-electron chi connectivity index (χ1n) is 9.96. The molecule has 2 N–H and O–H groups in total. The fourth-order valence-corrected chi connectivity index (χ4v) is 3.43. The third kappa shape index (κ3) is 8.21. The Morgan fingerprint density at radius 2 is 1.70 bits per heavy atom. The van der Waals surface area contributed by atoms with E-state index in [1.54, 1.807) is 6.08 Å². The third-order valence-corrected chi connectivity index (χ3v) is 5.03. The number of halogens is 6. The fourth-order valence-electron chi connectivity index (χ4n) is 3.15. The van der Waals surface area contributed by atoms with Gasteiger partial charge in [0, 0.05) is 17.5 Å². The van der Waals surface area contributed by atoms with Gasteiger partial charge in [0.1, 0.15) is 6.61 Å². The normalized spacial score (nSPS) is 15.8. The maximum absolute atomic E-state index is 12.1. The van der Waals surface area contributed by atoms with Crippen LogP contribution < -0.4 is 5.73 Å². The summed E-state index contributed by atoms with van der Waals surface area (Å²) in [6.07, 6.45) is -4.15. The van der Waals surface area contributed by atoms with Gasteiger partial charge in [-0.3, -0.25) is 4.79 Å². The number of nitrogens with two attached hydrogens (primary N) is 1. The molecule has 2 aromatic carbocycles. The maximum atomic E-state index is 12.1. The molecule has 3 rings (SSSR count). The largest absolute Gasteiger partial charge is 0.416 e. The van der Waals surface area contributed by atoms with Crippen molar-refractivity contribution in [1.29, 1.82) is 0 Å². The highest BCUT2D eigenvalue weighted by Crippen LogP contribution is 2.37. The highest BCUT2D eigenvalue weighted by Gasteiger charge is 2.36. The van der Waals surface area contributed by atoms with E-state index in [4.69, 9.17) is 10.5 Å². The standard InChI is InChI=1S/C15H19NO2.C8H4F6S/c1-2-18-10-13(17)6-3-11-4-7-14-12(9-11)5-8-15(14)16;9-7(10,11)4-1-5(8(12,13)14)3-6(15)2-4/h3-4,6-7,9,15H,2,5,8,10,16H2,1H3;1-3,15H/b6-3+;. The molecule has 0 fully saturated rings. The summed E-state index contributed by atoms with van der Waals surface area (Å²) < 4.78 is 77.9. The second-order valence-electron chi connectivity index (χ2n) is 7.30. The highest BCUT2D eigenvalue weighted by molar-refractivity contribution is 7.80. The predicted molar refractivity (Wildman–Crippen MR) is 116 cm³/mol. The molecular formula is C23H23F6NO2S. The summed E-state index contributed by atoms with van der Waals surface area (Å²) in [4.78, 5) is 11.1. The van der Waals surface area contributed by atoms with Crippen molar-refractivity contribution in [3.8, 4) is 0 Å². The maximum Gasteiger partial charge on any atom is 0.416 e. The molecule has 0 saturated carbocycles. The first kappa shape index (κ1) is 26.9. The van der Waals surface area contributed by atoms with Crippen LogP contribution in [0.1, 0.15) is 47.2 Å². The number of thiol groups is 1. The van der Waals surface area contributed by atoms with Crippen LogP contribution in [0.15, 0.2) is 47.4 Å². The molecule has 1 unspecified atom stereocenters. The first-order chi connectivity index (χ1) is 15.3. The van der Waals surface area contributed by atoms with Crippen LogP contribution in [0.4, 0.5) is 26.3 Å². The van der Waals surface area contributed by atoms with Gasteiger partial charge in [0.05, 0.1) is 11.1 Å². The van der Waals surface area contributed by atoms with Crippen molar-refractivity contribution in [2.24, 2.45) is 5.73 Å². The van der Waals surface area contributed by atoms with E-state index in [9.17, 15) is 31.1 Å². The van der Waals surface area contributed by atoms with E-state index >= 15 is 0 Å². The second-order valence-corrected chi connectivity index (χ2v) is 7.82. The molecule has 33 heavy (non-hydrogen) atoms. The van der Waals surface area contributed by atoms with Crippen LogP contribution in [0.3, 0.4) is 0 Å². The van der Waals surface area contributed by atoms with E-state index in [-0.39, 0.29) is 29.4 Å². The molecule has 0 amide bonds. The zero-order valence-electron chi connectivity index (χ0n) is 17.6. The molecular weight excluding hydrogens is 468 g/mol. The van der Waals surface area contributed by atoms with Gasteiger partial charge in [-0.05, 0) is 60.7 Å². The van der Waals surface area contributed by atoms with Crippen LogP contribution >= 0.6 is 12.6 Å². The molecule has 0 bridgehead atoms. The lowest BCUT2D eigenvalue weighted by Crippen LogP contribution is -2.10. The summed E-state index contributed by atoms with van der Waals surface area (Å²) in [5, 5.41) is 0. The summed E-state index contributed by atoms with van der Waals surface area (Å²) in [7, 11) is 0. The summed E-state index contributed by atoms with van der Waals surface area (Å²) in [5.41, 5.74) is 6.87. The summed E-state index contributed by atoms with van der Waals surface area (Å²) >= 11 is 3.49. The van der Waals surface area contributed by atoms with Crippen LogP contribution in [0.5, 0.6) is 0 Å². The number of alkyl halides is 6. The Bertz CT molecular complexity index is 969. The molecule has 10 heteroatoms. The third-order valence-electron chi connectivity index (χ3n) is 4.77. The monoisotopic (exact) mass is 491 g/mol. The molecule has 0 aliphatic heterocycles. The minimum Gasteiger partial charge on any atom is -0.374 e. The van der Waals surface area contributed by atoms with Crippen molar-refractivity contribution in [3.63, 3.8) is 0 Å². The van der Waals surface area contributed by atoms with E-state index in [1.807, 2.05) is 19.1 Å². The lowest BCUT2D eigenvalue weighted by molar-refractivity contribution is -0.143. The van der Waals surface area contributed by atoms with Crippen molar-refractivity contribution in [2.75, 3.05) is 13.2 Å². The van der Waals surface area contributed by atoms with Crippen LogP contribution in [-0.4, -0.2) is 19.0 Å². The number of hydrogen-bond donors (Lipinski definition) is 2. The predicted octanol–water partition coefficient (Wildman–Crippen LogP) is 6.26. The van der Waals surface area contributed by atoms with Crippen LogP contribution in [0.25, 0.3) is 6.08 Å². The van der Waals surface area contributed by atoms with Crippen molar-refractivity contribution in [2.45, 2.75) is 43.1 Å². The van der Waals surface area contributed by atoms with Gasteiger partial charge in [-0.2, -0.15) is 26.3 Å². The number of ketones is 1. The Morgan fingerprint density at radius 1 is 1.09 bits per heavy atom. The summed E-state index contributed by atoms with van der Waals surface area (Å²) in [6, 6.07) is 7.51. The second kappa shape index (κ2) is 11.2. The fraction of sp³-hybridized carbons (Fsp3) is 0.348. The zero-order valence-corrected chi connectivity index (χ0v) is 18.5. The smallest absolute Gasteiger partial charge is 0.374 e. The van der Waals surface area contributed by atoms with E-state index in [0.29, 0.717) is 18.7 Å². The topological polar surface area (TPSA) is 52.3 Å². The minimum absolute atomic E-state index is 0.00551. The Kier molecular flexibility index (Phi) is 9.16. The number of carbonyl (C=O) groups excluding carboxylic acids is 1. The van der Waals surface area contributed by atoms with Gasteiger partial charge in [-0.25, -0.2) is 0 Å². The Morgan fingerprint density at radius 3 is 2.24 bits per heavy atom. The minimum atomic E-state index is -4.81. The van der Waals surface area contributed by atoms with Gasteiger partial charge in [0.15, 0.2) is 5.78 Å². The van der Waals surface area contributed by atoms with Gasteiger partial charge in [-0.15, -0.1) is 12.6 Å². The van der Waals surface area contributed by atoms with Crippen molar-refractivity contribution in [1.82, 2.24) is 0 Å². The summed E-state index contributed by atoms with van der Waals surface area (Å²) in [6.45, 7) is 2.60. The summed E-state index contributed by atoms with van der Waals surface area (Å²) in [5.74, 6) is -0.00551. The van der Waals surface area contributed by atoms with Crippen molar-refractivity contribution in [3.05, 3.63) is 70.3 Å². The van der Waals surface area contributed by atoms with E-state index < -0.39 is 23.5 Å². The van der Waals surface area contributed by atoms with E-state index in [0.717, 1.165) is 18.4 Å². The molecule has 0 aromatic heterocycles. The number of hydrogen-bond acceptors (Lipinski definition) is 4. The Hall–Kier alpha value is -2.30. The van der Waals surface area contributed by atoms with E-state index in [2.05, 4.69) is 24.8 Å². The lowest BCUT2D eigenvalue weighted by atomic mass is 10.0. The number of ether oxygens (including phenoxy) is 1. The Balaban J connectivity index is 0.000000238. The zero-order chi connectivity index (χ0) is 24.8. The highest BCUT2D eigenvalue weighted by atomic mass is 32.1. The number of rotatable bonds is 5. The number of carbonyl (C=O) groups is 1. The van der Waals surface area contributed by atoms with E-state index in [1.165, 1.54) is 11.1 Å². The lowest BCUT2D eigenvalue weighted by Gasteiger charge is -2.12. The van der Waals surface area contributed by atoms with Crippen LogP contribution in [0.2, 0.25) is 0 Å². The van der Waals surface area contributed by atoms with Gasteiger partial charge < -0.3 is 10.5 Å². The van der Waals surface area contributed by atoms with Gasteiger partial charge in [0.2, 0.25) is 0 Å². The molecule has 0 spiro atoms.